The number of aliphatic hydroxyl groups is 2. The zero-order valence-corrected chi connectivity index (χ0v) is 31.1. The molecule has 3 amide bonds. The monoisotopic (exact) mass is 699 g/mol. The second kappa shape index (κ2) is 19.6. The Morgan fingerprint density at radius 3 is 1.92 bits per heavy atom. The average Bonchev–Trinajstić information content (AvgIpc) is 3.04. The maximum absolute atomic E-state index is 14.0. The molecule has 0 radical (unpaired) electrons. The molecule has 278 valence electrons. The van der Waals surface area contributed by atoms with Crippen molar-refractivity contribution in [3.63, 3.8) is 0 Å². The van der Waals surface area contributed by atoms with Gasteiger partial charge in [0.25, 0.3) is 0 Å². The third kappa shape index (κ3) is 12.8. The van der Waals surface area contributed by atoms with E-state index in [-0.39, 0.29) is 48.0 Å². The molecule has 0 spiro atoms. The number of likely N-dealkylation sites (N-methyl/N-ethyl adjacent to an activating group) is 1. The van der Waals surface area contributed by atoms with Crippen LogP contribution in [0.5, 0.6) is 0 Å². The molecule has 3 aliphatic rings. The number of nitrogens with one attached hydrogen (secondary N) is 2. The second-order valence-corrected chi connectivity index (χ2v) is 17.0. The predicted molar refractivity (Wildman–Crippen MR) is 187 cm³/mol. The number of carbonyl (C=O) groups is 3. The van der Waals surface area contributed by atoms with Gasteiger partial charge in [-0.05, 0) is 88.9 Å². The Kier molecular flexibility index (Phi) is 16.6. The van der Waals surface area contributed by atoms with E-state index in [2.05, 4.69) is 10.1 Å². The van der Waals surface area contributed by atoms with E-state index in [0.29, 0.717) is 51.6 Å². The van der Waals surface area contributed by atoms with E-state index in [0.717, 1.165) is 57.8 Å². The molecule has 0 bridgehead atoms. The highest BCUT2D eigenvalue weighted by Gasteiger charge is 2.41. The number of hydrogen-bond acceptors (Lipinski definition) is 8. The van der Waals surface area contributed by atoms with Gasteiger partial charge in [0.15, 0.2) is 0 Å². The van der Waals surface area contributed by atoms with E-state index in [1.165, 1.54) is 9.91 Å². The molecule has 0 heterocycles. The zero-order chi connectivity index (χ0) is 35.4. The van der Waals surface area contributed by atoms with E-state index in [1.54, 1.807) is 21.1 Å². The number of rotatable bonds is 17. The van der Waals surface area contributed by atoms with E-state index in [4.69, 9.17) is 0 Å². The van der Waals surface area contributed by atoms with Crippen molar-refractivity contribution in [2.75, 3.05) is 46.5 Å². The van der Waals surface area contributed by atoms with Crippen molar-refractivity contribution in [3.8, 4) is 0 Å². The van der Waals surface area contributed by atoms with Gasteiger partial charge < -0.3 is 25.3 Å². The molecule has 48 heavy (non-hydrogen) atoms. The summed E-state index contributed by atoms with van der Waals surface area (Å²) in [7, 11) is 1.37. The fraction of sp³-hybridized carbons (Fsp3) is 0.914. The first-order valence-electron chi connectivity index (χ1n) is 18.6. The minimum absolute atomic E-state index is 0.00719. The van der Waals surface area contributed by atoms with Crippen LogP contribution in [0.3, 0.4) is 0 Å². The van der Waals surface area contributed by atoms with Gasteiger partial charge in [-0.3, -0.25) is 14.4 Å². The van der Waals surface area contributed by atoms with Crippen molar-refractivity contribution >= 4 is 27.7 Å². The Morgan fingerprint density at radius 1 is 0.792 bits per heavy atom. The number of nitrogens with zero attached hydrogens (tertiary/aromatic N) is 3. The van der Waals surface area contributed by atoms with E-state index < -0.39 is 39.9 Å². The van der Waals surface area contributed by atoms with Crippen LogP contribution in [-0.2, 0) is 24.4 Å². The normalized spacial score (nSPS) is 26.9. The van der Waals surface area contributed by atoms with Crippen molar-refractivity contribution in [3.05, 3.63) is 0 Å². The molecule has 3 saturated carbocycles. The van der Waals surface area contributed by atoms with E-state index in [9.17, 15) is 33.0 Å². The van der Waals surface area contributed by atoms with Crippen LogP contribution in [0.2, 0.25) is 0 Å². The molecule has 3 rings (SSSR count). The number of hydrazine groups is 1. The van der Waals surface area contributed by atoms with Gasteiger partial charge in [-0.15, -0.1) is 4.83 Å². The maximum atomic E-state index is 14.0. The van der Waals surface area contributed by atoms with Crippen LogP contribution in [0, 0.1) is 29.6 Å². The minimum Gasteiger partial charge on any atom is -0.393 e. The number of carbonyl (C=O) groups excluding carboxylic acids is 3. The molecule has 3 aliphatic carbocycles. The first kappa shape index (κ1) is 40.6. The molecule has 0 saturated heterocycles. The summed E-state index contributed by atoms with van der Waals surface area (Å²) < 4.78 is 25.9. The molecule has 12 nitrogen and oxygen atoms in total. The van der Waals surface area contributed by atoms with Crippen molar-refractivity contribution in [2.24, 2.45) is 29.6 Å². The summed E-state index contributed by atoms with van der Waals surface area (Å²) in [5.74, 6) is -1.51. The maximum Gasteiger partial charge on any atom is 0.225 e. The third-order valence-corrected chi connectivity index (χ3v) is 12.1. The van der Waals surface area contributed by atoms with Crippen molar-refractivity contribution in [2.45, 2.75) is 128 Å². The van der Waals surface area contributed by atoms with Gasteiger partial charge in [0.05, 0.1) is 24.0 Å². The minimum atomic E-state index is -3.60. The summed E-state index contributed by atoms with van der Waals surface area (Å²) in [6.07, 6.45) is 9.70. The standard InChI is InChI=1S/C35H65N5O7S/c1-6-17-40(18-7-2)35(45)29-21-27(20-28(22-29)34(44)38(3)4)33(43)36-31(19-25-13-15-30(41)16-14-25)32(42)23-39(5)37-48(46,47)24-26-11-9-8-10-12-26/h25-32,37,41-42H,6-24H2,1-5H3,(H,36,43). The highest BCUT2D eigenvalue weighted by Crippen LogP contribution is 2.36. The van der Waals surface area contributed by atoms with Crippen LogP contribution in [0.25, 0.3) is 0 Å². The Labute approximate surface area is 289 Å². The Balaban J connectivity index is 1.75. The van der Waals surface area contributed by atoms with Gasteiger partial charge in [0, 0.05) is 58.5 Å². The molecule has 13 heteroatoms. The van der Waals surface area contributed by atoms with Crippen LogP contribution in [0.1, 0.15) is 110 Å². The lowest BCUT2D eigenvalue weighted by atomic mass is 9.73. The SMILES string of the molecule is CCCN(CCC)C(=O)C1CC(C(=O)NC(CC2CCC(O)CC2)C(O)CN(C)NS(=O)(=O)CC2CCCCC2)CC(C(=O)N(C)C)C1. The fourth-order valence-corrected chi connectivity index (χ4v) is 9.75. The van der Waals surface area contributed by atoms with Gasteiger partial charge in [-0.2, -0.15) is 0 Å². The molecule has 0 aromatic carbocycles. The Hall–Kier alpha value is -1.80. The smallest absolute Gasteiger partial charge is 0.225 e. The van der Waals surface area contributed by atoms with Crippen LogP contribution in [0.15, 0.2) is 0 Å². The molecule has 3 fully saturated rings. The van der Waals surface area contributed by atoms with Crippen molar-refractivity contribution < 1.29 is 33.0 Å². The van der Waals surface area contributed by atoms with E-state index >= 15 is 0 Å². The van der Waals surface area contributed by atoms with Gasteiger partial charge in [-0.1, -0.05) is 33.1 Å². The van der Waals surface area contributed by atoms with Crippen LogP contribution >= 0.6 is 0 Å². The number of sulfonamides is 1. The Morgan fingerprint density at radius 2 is 1.35 bits per heavy atom. The molecule has 4 N–H and O–H groups in total. The third-order valence-electron chi connectivity index (χ3n) is 10.6. The zero-order valence-electron chi connectivity index (χ0n) is 30.2. The summed E-state index contributed by atoms with van der Waals surface area (Å²) >= 11 is 0. The van der Waals surface area contributed by atoms with Gasteiger partial charge in [-0.25, -0.2) is 13.4 Å². The van der Waals surface area contributed by atoms with Crippen LogP contribution in [-0.4, -0.2) is 116 Å². The van der Waals surface area contributed by atoms with Gasteiger partial charge in [0.2, 0.25) is 27.7 Å². The topological polar surface area (TPSA) is 160 Å². The highest BCUT2D eigenvalue weighted by atomic mass is 32.2. The molecular weight excluding hydrogens is 634 g/mol. The highest BCUT2D eigenvalue weighted by molar-refractivity contribution is 7.89. The lowest BCUT2D eigenvalue weighted by Crippen LogP contribution is -2.54. The molecule has 0 aromatic rings. The molecule has 0 aromatic heterocycles. The van der Waals surface area contributed by atoms with E-state index in [1.807, 2.05) is 18.7 Å². The summed E-state index contributed by atoms with van der Waals surface area (Å²) in [4.78, 5) is 46.9. The lowest BCUT2D eigenvalue weighted by molar-refractivity contribution is -0.143. The summed E-state index contributed by atoms with van der Waals surface area (Å²) in [5, 5.41) is 26.1. The molecule has 5 unspecified atom stereocenters. The summed E-state index contributed by atoms with van der Waals surface area (Å²) in [5.41, 5.74) is 0. The Bertz CT molecular complexity index is 1120. The van der Waals surface area contributed by atoms with Crippen LogP contribution < -0.4 is 10.1 Å². The largest absolute Gasteiger partial charge is 0.393 e. The van der Waals surface area contributed by atoms with Crippen molar-refractivity contribution in [1.82, 2.24) is 25.0 Å². The lowest BCUT2D eigenvalue weighted by Gasteiger charge is -2.38. The first-order chi connectivity index (χ1) is 22.7. The first-order valence-corrected chi connectivity index (χ1v) is 20.3. The number of hydrogen-bond donors (Lipinski definition) is 4. The summed E-state index contributed by atoms with van der Waals surface area (Å²) in [6, 6.07) is -0.668. The summed E-state index contributed by atoms with van der Waals surface area (Å²) in [6.45, 7) is 5.30. The average molecular weight is 700 g/mol. The number of aliphatic hydroxyl groups excluding tert-OH is 2. The quantitative estimate of drug-likeness (QED) is 0.169. The van der Waals surface area contributed by atoms with Gasteiger partial charge >= 0.3 is 0 Å². The fourth-order valence-electron chi connectivity index (χ4n) is 8.17. The van der Waals surface area contributed by atoms with Crippen molar-refractivity contribution in [1.29, 1.82) is 0 Å². The molecule has 5 atom stereocenters. The molecule has 0 aliphatic heterocycles. The van der Waals surface area contributed by atoms with Crippen LogP contribution in [0.4, 0.5) is 0 Å². The van der Waals surface area contributed by atoms with Gasteiger partial charge in [0.1, 0.15) is 0 Å². The second-order valence-electron chi connectivity index (χ2n) is 15.2. The molecular formula is C35H65N5O7S. The predicted octanol–water partition coefficient (Wildman–Crippen LogP) is 2.89. The number of amides is 3.